The van der Waals surface area contributed by atoms with E-state index in [1.807, 2.05) is 36.4 Å². The number of urea groups is 1. The number of carbonyl (C=O) groups excluding carboxylic acids is 1. The SMILES string of the molecule is O=C(Nc1cccc2[nH]ncc12)NC1CC2(C=COC=C2)OC2=C1CCC=C2. The number of H-pyrrole nitrogens is 1. The molecule has 1 aromatic heterocycles. The standard InChI is InChI=1S/C21H20N4O3/c26-20(23-16-5-3-6-17-15(16)13-22-25-17)24-18-12-21(8-10-27-11-9-21)28-19-7-2-1-4-14(18)19/h2-3,5-11,13,18H,1,4,12H2,(H,22,25)(H2,23,24,26). The predicted octanol–water partition coefficient (Wildman–Crippen LogP) is 3.87. The molecule has 7 nitrogen and oxygen atoms in total. The average molecular weight is 376 g/mol. The van der Waals surface area contributed by atoms with Crippen LogP contribution >= 0.6 is 0 Å². The molecule has 0 radical (unpaired) electrons. The summed E-state index contributed by atoms with van der Waals surface area (Å²) in [5, 5.41) is 13.9. The van der Waals surface area contributed by atoms with Crippen LogP contribution in [0.5, 0.6) is 0 Å². The molecule has 1 aromatic carbocycles. The van der Waals surface area contributed by atoms with Crippen LogP contribution in [0.3, 0.4) is 0 Å². The van der Waals surface area contributed by atoms with Gasteiger partial charge in [0.2, 0.25) is 0 Å². The summed E-state index contributed by atoms with van der Waals surface area (Å²) in [6, 6.07) is 5.27. The minimum atomic E-state index is -0.610. The van der Waals surface area contributed by atoms with Crippen LogP contribution in [0, 0.1) is 0 Å². The van der Waals surface area contributed by atoms with Crippen molar-refractivity contribution in [2.45, 2.75) is 30.9 Å². The van der Waals surface area contributed by atoms with E-state index >= 15 is 0 Å². The zero-order valence-electron chi connectivity index (χ0n) is 15.1. The molecular weight excluding hydrogens is 356 g/mol. The molecule has 0 saturated carbocycles. The average Bonchev–Trinajstić information content (AvgIpc) is 3.18. The Morgan fingerprint density at radius 3 is 3.07 bits per heavy atom. The highest BCUT2D eigenvalue weighted by molar-refractivity contribution is 6.00. The first-order valence-corrected chi connectivity index (χ1v) is 9.32. The van der Waals surface area contributed by atoms with Crippen molar-refractivity contribution < 1.29 is 14.3 Å². The van der Waals surface area contributed by atoms with Gasteiger partial charge in [0.05, 0.1) is 36.0 Å². The number of aromatic amines is 1. The summed E-state index contributed by atoms with van der Waals surface area (Å²) in [7, 11) is 0. The summed E-state index contributed by atoms with van der Waals surface area (Å²) in [6.07, 6.45) is 15.2. The van der Waals surface area contributed by atoms with E-state index in [-0.39, 0.29) is 12.1 Å². The lowest BCUT2D eigenvalue weighted by Crippen LogP contribution is -2.48. The molecule has 1 unspecified atom stereocenters. The molecule has 7 heteroatoms. The Balaban J connectivity index is 1.39. The van der Waals surface area contributed by atoms with E-state index in [0.29, 0.717) is 12.1 Å². The maximum Gasteiger partial charge on any atom is 0.319 e. The van der Waals surface area contributed by atoms with E-state index in [1.165, 1.54) is 0 Å². The number of fused-ring (bicyclic) bond motifs is 1. The molecule has 142 valence electrons. The number of hydrogen-bond acceptors (Lipinski definition) is 4. The Bertz CT molecular complexity index is 1030. The first kappa shape index (κ1) is 16.7. The highest BCUT2D eigenvalue weighted by atomic mass is 16.5. The van der Waals surface area contributed by atoms with Gasteiger partial charge in [-0.3, -0.25) is 5.10 Å². The molecule has 0 saturated heterocycles. The van der Waals surface area contributed by atoms with Crippen molar-refractivity contribution >= 4 is 22.6 Å². The molecule has 2 aliphatic heterocycles. The fourth-order valence-electron chi connectivity index (χ4n) is 3.94. The molecule has 3 aliphatic rings. The number of amides is 2. The number of aromatic nitrogens is 2. The zero-order chi connectivity index (χ0) is 19.0. The van der Waals surface area contributed by atoms with Gasteiger partial charge in [-0.25, -0.2) is 4.79 Å². The quantitative estimate of drug-likeness (QED) is 0.742. The van der Waals surface area contributed by atoms with Gasteiger partial charge < -0.3 is 20.1 Å². The number of allylic oxidation sites excluding steroid dienone is 2. The van der Waals surface area contributed by atoms with Crippen molar-refractivity contribution in [2.24, 2.45) is 0 Å². The van der Waals surface area contributed by atoms with Crippen LogP contribution in [0.15, 0.2) is 72.6 Å². The summed E-state index contributed by atoms with van der Waals surface area (Å²) in [5.41, 5.74) is 2.11. The first-order chi connectivity index (χ1) is 13.7. The summed E-state index contributed by atoms with van der Waals surface area (Å²) < 4.78 is 11.4. The van der Waals surface area contributed by atoms with Gasteiger partial charge in [-0.05, 0) is 48.8 Å². The van der Waals surface area contributed by atoms with Gasteiger partial charge in [-0.2, -0.15) is 5.10 Å². The number of benzene rings is 1. The molecule has 2 amide bonds. The lowest BCUT2D eigenvalue weighted by Gasteiger charge is -2.41. The van der Waals surface area contributed by atoms with Crippen LogP contribution in [0.2, 0.25) is 0 Å². The van der Waals surface area contributed by atoms with Gasteiger partial charge in [-0.15, -0.1) is 0 Å². The van der Waals surface area contributed by atoms with Crippen molar-refractivity contribution in [1.29, 1.82) is 0 Å². The highest BCUT2D eigenvalue weighted by Crippen LogP contribution is 2.39. The molecule has 2 aromatic rings. The van der Waals surface area contributed by atoms with E-state index in [4.69, 9.17) is 9.47 Å². The van der Waals surface area contributed by atoms with Gasteiger partial charge in [0.25, 0.3) is 0 Å². The second-order valence-electron chi connectivity index (χ2n) is 7.12. The second-order valence-corrected chi connectivity index (χ2v) is 7.12. The van der Waals surface area contributed by atoms with Crippen LogP contribution < -0.4 is 10.6 Å². The van der Waals surface area contributed by atoms with Crippen LogP contribution in [0.25, 0.3) is 10.9 Å². The normalized spacial score (nSPS) is 21.9. The third-order valence-corrected chi connectivity index (χ3v) is 5.31. The lowest BCUT2D eigenvalue weighted by atomic mass is 9.83. The Morgan fingerprint density at radius 1 is 1.29 bits per heavy atom. The Labute approximate surface area is 161 Å². The summed E-state index contributed by atoms with van der Waals surface area (Å²) >= 11 is 0. The Morgan fingerprint density at radius 2 is 2.18 bits per heavy atom. The van der Waals surface area contributed by atoms with E-state index in [9.17, 15) is 4.79 Å². The van der Waals surface area contributed by atoms with Crippen molar-refractivity contribution in [1.82, 2.24) is 15.5 Å². The van der Waals surface area contributed by atoms with E-state index in [2.05, 4.69) is 26.9 Å². The molecule has 3 heterocycles. The number of nitrogens with one attached hydrogen (secondary N) is 3. The third kappa shape index (κ3) is 2.94. The van der Waals surface area contributed by atoms with Crippen LogP contribution in [-0.4, -0.2) is 27.9 Å². The summed E-state index contributed by atoms with van der Waals surface area (Å²) in [4.78, 5) is 12.8. The zero-order valence-corrected chi connectivity index (χ0v) is 15.1. The van der Waals surface area contributed by atoms with Crippen molar-refractivity contribution in [3.8, 4) is 0 Å². The fraction of sp³-hybridized carbons (Fsp3) is 0.238. The molecule has 5 rings (SSSR count). The van der Waals surface area contributed by atoms with E-state index in [1.54, 1.807) is 18.7 Å². The largest absolute Gasteiger partial charge is 0.479 e. The smallest absolute Gasteiger partial charge is 0.319 e. The molecule has 28 heavy (non-hydrogen) atoms. The maximum atomic E-state index is 12.8. The van der Waals surface area contributed by atoms with Crippen molar-refractivity contribution in [2.75, 3.05) is 5.32 Å². The predicted molar refractivity (Wildman–Crippen MR) is 105 cm³/mol. The van der Waals surface area contributed by atoms with Gasteiger partial charge in [0, 0.05) is 11.8 Å². The summed E-state index contributed by atoms with van der Waals surface area (Å²) in [5.74, 6) is 0.830. The van der Waals surface area contributed by atoms with Gasteiger partial charge >= 0.3 is 6.03 Å². The van der Waals surface area contributed by atoms with Crippen LogP contribution in [-0.2, 0) is 9.47 Å². The van der Waals surface area contributed by atoms with Crippen molar-refractivity contribution in [3.05, 3.63) is 72.6 Å². The monoisotopic (exact) mass is 376 g/mol. The molecule has 0 bridgehead atoms. The lowest BCUT2D eigenvalue weighted by molar-refractivity contribution is 0.0521. The number of rotatable bonds is 2. The Hall–Kier alpha value is -3.48. The van der Waals surface area contributed by atoms with E-state index in [0.717, 1.165) is 35.1 Å². The van der Waals surface area contributed by atoms with E-state index < -0.39 is 5.60 Å². The molecular formula is C21H20N4O3. The highest BCUT2D eigenvalue weighted by Gasteiger charge is 2.40. The molecule has 1 aliphatic carbocycles. The Kier molecular flexibility index (Phi) is 3.93. The number of nitrogens with zero attached hydrogens (tertiary/aromatic N) is 1. The number of ether oxygens (including phenoxy) is 2. The topological polar surface area (TPSA) is 88.3 Å². The number of hydrogen-bond donors (Lipinski definition) is 3. The number of carbonyl (C=O) groups is 1. The first-order valence-electron chi connectivity index (χ1n) is 9.32. The van der Waals surface area contributed by atoms with Crippen LogP contribution in [0.1, 0.15) is 19.3 Å². The minimum absolute atomic E-state index is 0.135. The maximum absolute atomic E-state index is 12.8. The van der Waals surface area contributed by atoms with Gasteiger partial charge in [0.1, 0.15) is 5.76 Å². The minimum Gasteiger partial charge on any atom is -0.479 e. The second kappa shape index (κ2) is 6.60. The molecule has 1 atom stereocenters. The van der Waals surface area contributed by atoms with Gasteiger partial charge in [0.15, 0.2) is 5.60 Å². The molecule has 0 fully saturated rings. The number of anilines is 1. The van der Waals surface area contributed by atoms with Crippen molar-refractivity contribution in [3.63, 3.8) is 0 Å². The van der Waals surface area contributed by atoms with Crippen LogP contribution in [0.4, 0.5) is 10.5 Å². The third-order valence-electron chi connectivity index (χ3n) is 5.31. The molecule has 1 spiro atoms. The fourth-order valence-corrected chi connectivity index (χ4v) is 3.94. The molecule has 3 N–H and O–H groups in total. The van der Waals surface area contributed by atoms with Gasteiger partial charge in [-0.1, -0.05) is 12.1 Å². The summed E-state index contributed by atoms with van der Waals surface area (Å²) in [6.45, 7) is 0.